The third-order valence-corrected chi connectivity index (χ3v) is 3.33. The number of hydrogen-bond acceptors (Lipinski definition) is 3. The van der Waals surface area contributed by atoms with Crippen LogP contribution >= 0.6 is 0 Å². The number of rotatable bonds is 12. The van der Waals surface area contributed by atoms with Crippen molar-refractivity contribution in [1.29, 1.82) is 0 Å². The number of unbranched alkanes of at least 4 members (excludes halogenated alkanes) is 3. The summed E-state index contributed by atoms with van der Waals surface area (Å²) in [7, 11) is 0. The monoisotopic (exact) mass is 301 g/mol. The van der Waals surface area contributed by atoms with Crippen LogP contribution in [0, 0.1) is 5.92 Å². The maximum atomic E-state index is 12.1. The first-order valence-corrected chi connectivity index (χ1v) is 7.60. The van der Waals surface area contributed by atoms with Crippen LogP contribution in [0.15, 0.2) is 0 Å². The first-order chi connectivity index (χ1) is 9.88. The lowest BCUT2D eigenvalue weighted by Gasteiger charge is -2.24. The van der Waals surface area contributed by atoms with Crippen LogP contribution in [0.5, 0.6) is 0 Å². The van der Waals surface area contributed by atoms with Crippen molar-refractivity contribution in [3.63, 3.8) is 0 Å². The highest BCUT2D eigenvalue weighted by molar-refractivity contribution is 5.77. The van der Waals surface area contributed by atoms with E-state index in [1.54, 1.807) is 11.8 Å². The smallest absolute Gasteiger partial charge is 0.308 e. The number of carbonyl (C=O) groups excluding carboxylic acids is 1. The molecule has 0 aliphatic rings. The summed E-state index contributed by atoms with van der Waals surface area (Å²) < 4.78 is 0. The Labute approximate surface area is 126 Å². The SMILES string of the molecule is CCCCC(=O)N(CCCCCC(=O)O)CC(C)C(=O)O. The molecule has 0 saturated carbocycles. The summed E-state index contributed by atoms with van der Waals surface area (Å²) >= 11 is 0. The van der Waals surface area contributed by atoms with Gasteiger partial charge in [0.2, 0.25) is 5.91 Å². The fraction of sp³-hybridized carbons (Fsp3) is 0.800. The van der Waals surface area contributed by atoms with E-state index in [4.69, 9.17) is 10.2 Å². The van der Waals surface area contributed by atoms with Gasteiger partial charge in [-0.3, -0.25) is 14.4 Å². The first-order valence-electron chi connectivity index (χ1n) is 7.60. The van der Waals surface area contributed by atoms with E-state index in [1.807, 2.05) is 6.92 Å². The van der Waals surface area contributed by atoms with Gasteiger partial charge in [-0.25, -0.2) is 0 Å². The van der Waals surface area contributed by atoms with Gasteiger partial charge in [0.05, 0.1) is 5.92 Å². The molecule has 1 amide bonds. The Balaban J connectivity index is 4.27. The minimum Gasteiger partial charge on any atom is -0.481 e. The highest BCUT2D eigenvalue weighted by atomic mass is 16.4. The third kappa shape index (κ3) is 9.87. The molecular weight excluding hydrogens is 274 g/mol. The van der Waals surface area contributed by atoms with Gasteiger partial charge >= 0.3 is 11.9 Å². The molecule has 0 aromatic rings. The third-order valence-electron chi connectivity index (χ3n) is 3.33. The highest BCUT2D eigenvalue weighted by Crippen LogP contribution is 2.09. The topological polar surface area (TPSA) is 94.9 Å². The Morgan fingerprint density at radius 1 is 1.00 bits per heavy atom. The van der Waals surface area contributed by atoms with Crippen molar-refractivity contribution in [2.75, 3.05) is 13.1 Å². The fourth-order valence-electron chi connectivity index (χ4n) is 1.97. The number of carboxylic acids is 2. The Morgan fingerprint density at radius 3 is 2.19 bits per heavy atom. The predicted octanol–water partition coefficient (Wildman–Crippen LogP) is 2.37. The molecule has 0 aromatic carbocycles. The molecule has 0 radical (unpaired) electrons. The van der Waals surface area contributed by atoms with Crippen molar-refractivity contribution in [1.82, 2.24) is 4.90 Å². The predicted molar refractivity (Wildman–Crippen MR) is 79.0 cm³/mol. The van der Waals surface area contributed by atoms with Crippen molar-refractivity contribution >= 4 is 17.8 Å². The van der Waals surface area contributed by atoms with Gasteiger partial charge in [-0.05, 0) is 19.3 Å². The number of carbonyl (C=O) groups is 3. The number of nitrogens with zero attached hydrogens (tertiary/aromatic N) is 1. The van der Waals surface area contributed by atoms with Gasteiger partial charge in [-0.1, -0.05) is 26.7 Å². The molecule has 0 fully saturated rings. The van der Waals surface area contributed by atoms with Crippen molar-refractivity contribution in [3.8, 4) is 0 Å². The zero-order valence-corrected chi connectivity index (χ0v) is 13.0. The summed E-state index contributed by atoms with van der Waals surface area (Å²) in [6.07, 6.45) is 4.32. The van der Waals surface area contributed by atoms with Crippen molar-refractivity contribution < 1.29 is 24.6 Å². The number of carboxylic acid groups (broad SMARTS) is 2. The average molecular weight is 301 g/mol. The zero-order valence-electron chi connectivity index (χ0n) is 13.0. The molecule has 0 aliphatic heterocycles. The Morgan fingerprint density at radius 2 is 1.67 bits per heavy atom. The van der Waals surface area contributed by atoms with Gasteiger partial charge in [-0.15, -0.1) is 0 Å². The Kier molecular flexibility index (Phi) is 10.3. The molecule has 1 unspecified atom stereocenters. The van der Waals surface area contributed by atoms with E-state index < -0.39 is 17.9 Å². The van der Waals surface area contributed by atoms with Gasteiger partial charge in [-0.2, -0.15) is 0 Å². The summed E-state index contributed by atoms with van der Waals surface area (Å²) in [6, 6.07) is 0. The molecule has 0 heterocycles. The van der Waals surface area contributed by atoms with Crippen molar-refractivity contribution in [2.24, 2.45) is 5.92 Å². The highest BCUT2D eigenvalue weighted by Gasteiger charge is 2.19. The first kappa shape index (κ1) is 19.4. The summed E-state index contributed by atoms with van der Waals surface area (Å²) in [5.41, 5.74) is 0. The molecule has 1 atom stereocenters. The second kappa shape index (κ2) is 11.1. The molecule has 0 spiro atoms. The molecule has 122 valence electrons. The van der Waals surface area contributed by atoms with Crippen LogP contribution in [0.4, 0.5) is 0 Å². The van der Waals surface area contributed by atoms with Crippen LogP contribution in [-0.2, 0) is 14.4 Å². The van der Waals surface area contributed by atoms with Gasteiger partial charge in [0.1, 0.15) is 0 Å². The average Bonchev–Trinajstić information content (AvgIpc) is 2.42. The van der Waals surface area contributed by atoms with Gasteiger partial charge in [0, 0.05) is 25.9 Å². The maximum Gasteiger partial charge on any atom is 0.308 e. The molecule has 0 bridgehead atoms. The molecule has 0 saturated heterocycles. The molecule has 2 N–H and O–H groups in total. The minimum atomic E-state index is -0.908. The van der Waals surface area contributed by atoms with Crippen molar-refractivity contribution in [3.05, 3.63) is 0 Å². The van der Waals surface area contributed by atoms with E-state index in [2.05, 4.69) is 0 Å². The summed E-state index contributed by atoms with van der Waals surface area (Å²) in [5, 5.41) is 17.5. The Bertz CT molecular complexity index is 343. The normalized spacial score (nSPS) is 11.9. The lowest BCUT2D eigenvalue weighted by Crippen LogP contribution is -2.37. The molecule has 0 rings (SSSR count). The van der Waals surface area contributed by atoms with Crippen LogP contribution in [-0.4, -0.2) is 46.0 Å². The summed E-state index contributed by atoms with van der Waals surface area (Å²) in [5.74, 6) is -2.32. The fourth-order valence-corrected chi connectivity index (χ4v) is 1.97. The number of aliphatic carboxylic acids is 2. The molecular formula is C15H27NO5. The molecule has 21 heavy (non-hydrogen) atoms. The van der Waals surface area contributed by atoms with Crippen LogP contribution in [0.2, 0.25) is 0 Å². The lowest BCUT2D eigenvalue weighted by molar-refractivity contribution is -0.143. The number of hydrogen-bond donors (Lipinski definition) is 2. The van der Waals surface area contributed by atoms with Gasteiger partial charge in [0.15, 0.2) is 0 Å². The van der Waals surface area contributed by atoms with Crippen LogP contribution in [0.1, 0.15) is 58.8 Å². The second-order valence-corrected chi connectivity index (χ2v) is 5.39. The molecule has 0 aromatic heterocycles. The quantitative estimate of drug-likeness (QED) is 0.540. The van der Waals surface area contributed by atoms with Gasteiger partial charge in [0.25, 0.3) is 0 Å². The Hall–Kier alpha value is -1.59. The standard InChI is InChI=1S/C15H27NO5/c1-3-4-8-13(17)16(11-12(2)15(20)21)10-7-5-6-9-14(18)19/h12H,3-11H2,1-2H3,(H,18,19)(H,20,21). The molecule has 6 nitrogen and oxygen atoms in total. The van der Waals surface area contributed by atoms with Crippen LogP contribution < -0.4 is 0 Å². The largest absolute Gasteiger partial charge is 0.481 e. The van der Waals surface area contributed by atoms with E-state index >= 15 is 0 Å². The second-order valence-electron chi connectivity index (χ2n) is 5.39. The van der Waals surface area contributed by atoms with Crippen LogP contribution in [0.25, 0.3) is 0 Å². The summed E-state index contributed by atoms with van der Waals surface area (Å²) in [6.45, 7) is 4.31. The zero-order chi connectivity index (χ0) is 16.3. The van der Waals surface area contributed by atoms with Crippen LogP contribution in [0.3, 0.4) is 0 Å². The van der Waals surface area contributed by atoms with E-state index in [1.165, 1.54) is 0 Å². The molecule has 6 heteroatoms. The van der Waals surface area contributed by atoms with Crippen molar-refractivity contribution in [2.45, 2.75) is 58.8 Å². The lowest BCUT2D eigenvalue weighted by atomic mass is 10.1. The molecule has 0 aliphatic carbocycles. The maximum absolute atomic E-state index is 12.1. The van der Waals surface area contributed by atoms with E-state index in [0.717, 1.165) is 19.3 Å². The van der Waals surface area contributed by atoms with E-state index in [0.29, 0.717) is 25.8 Å². The van der Waals surface area contributed by atoms with E-state index in [-0.39, 0.29) is 18.9 Å². The minimum absolute atomic E-state index is 0.0109. The summed E-state index contributed by atoms with van der Waals surface area (Å²) in [4.78, 5) is 35.0. The van der Waals surface area contributed by atoms with Gasteiger partial charge < -0.3 is 15.1 Å². The number of amides is 1. The van der Waals surface area contributed by atoms with E-state index in [9.17, 15) is 14.4 Å².